The van der Waals surface area contributed by atoms with E-state index in [0.29, 0.717) is 12.2 Å². The Morgan fingerprint density at radius 1 is 1.64 bits per heavy atom. The summed E-state index contributed by atoms with van der Waals surface area (Å²) < 4.78 is 4.88. The summed E-state index contributed by atoms with van der Waals surface area (Å²) in [7, 11) is 0. The van der Waals surface area contributed by atoms with Crippen LogP contribution in [0.25, 0.3) is 0 Å². The van der Waals surface area contributed by atoms with Gasteiger partial charge in [-0.2, -0.15) is 0 Å². The van der Waals surface area contributed by atoms with E-state index in [2.05, 4.69) is 5.16 Å². The van der Waals surface area contributed by atoms with Gasteiger partial charge in [0.05, 0.1) is 6.20 Å². The van der Waals surface area contributed by atoms with Gasteiger partial charge in [-0.1, -0.05) is 11.2 Å². The molecule has 0 saturated carbocycles. The van der Waals surface area contributed by atoms with Crippen LogP contribution in [0.4, 0.5) is 0 Å². The molecule has 0 aliphatic carbocycles. The standard InChI is InChI=1S/C9H7NO3S/c11-9(12)7-5-10-13-8(7)4-6-2-1-3-14-6/h1-3,5H,4H2,(H,11,12). The topological polar surface area (TPSA) is 63.3 Å². The van der Waals surface area contributed by atoms with Crippen molar-refractivity contribution in [2.75, 3.05) is 0 Å². The second-order valence-electron chi connectivity index (χ2n) is 2.72. The lowest BCUT2D eigenvalue weighted by molar-refractivity contribution is 0.0694. The first-order valence-electron chi connectivity index (χ1n) is 3.96. The van der Waals surface area contributed by atoms with Crippen LogP contribution in [0.2, 0.25) is 0 Å². The van der Waals surface area contributed by atoms with E-state index < -0.39 is 5.97 Å². The number of thiophene rings is 1. The van der Waals surface area contributed by atoms with Gasteiger partial charge >= 0.3 is 5.97 Å². The minimum atomic E-state index is -1.00. The van der Waals surface area contributed by atoms with Gasteiger partial charge in [0, 0.05) is 11.3 Å². The predicted octanol–water partition coefficient (Wildman–Crippen LogP) is 2.03. The predicted molar refractivity (Wildman–Crippen MR) is 50.6 cm³/mol. The van der Waals surface area contributed by atoms with E-state index in [9.17, 15) is 4.79 Å². The molecule has 2 aromatic rings. The molecule has 0 aliphatic rings. The summed E-state index contributed by atoms with van der Waals surface area (Å²) in [6.07, 6.45) is 1.71. The van der Waals surface area contributed by atoms with E-state index in [1.54, 1.807) is 11.3 Å². The normalized spacial score (nSPS) is 10.3. The molecule has 2 heterocycles. The summed E-state index contributed by atoms with van der Waals surface area (Å²) in [5, 5.41) is 14.2. The minimum absolute atomic E-state index is 0.137. The van der Waals surface area contributed by atoms with Crippen molar-refractivity contribution in [3.63, 3.8) is 0 Å². The van der Waals surface area contributed by atoms with Crippen LogP contribution in [0, 0.1) is 0 Å². The van der Waals surface area contributed by atoms with Gasteiger partial charge < -0.3 is 9.63 Å². The van der Waals surface area contributed by atoms with Crippen molar-refractivity contribution >= 4 is 17.3 Å². The number of nitrogens with zero attached hydrogens (tertiary/aromatic N) is 1. The molecule has 0 fully saturated rings. The van der Waals surface area contributed by atoms with Crippen molar-refractivity contribution in [1.82, 2.24) is 5.16 Å². The fourth-order valence-corrected chi connectivity index (χ4v) is 1.84. The fraction of sp³-hybridized carbons (Fsp3) is 0.111. The molecule has 2 rings (SSSR count). The first kappa shape index (κ1) is 8.96. The highest BCUT2D eigenvalue weighted by atomic mass is 32.1. The Bertz CT molecular complexity index is 433. The fourth-order valence-electron chi connectivity index (χ4n) is 1.14. The molecule has 14 heavy (non-hydrogen) atoms. The summed E-state index contributed by atoms with van der Waals surface area (Å²) in [4.78, 5) is 11.8. The maximum absolute atomic E-state index is 10.7. The van der Waals surface area contributed by atoms with E-state index in [4.69, 9.17) is 9.63 Å². The van der Waals surface area contributed by atoms with Gasteiger partial charge in [0.15, 0.2) is 5.76 Å². The Labute approximate surface area is 83.8 Å². The second-order valence-corrected chi connectivity index (χ2v) is 3.76. The molecule has 4 nitrogen and oxygen atoms in total. The van der Waals surface area contributed by atoms with Crippen molar-refractivity contribution in [3.05, 3.63) is 39.9 Å². The molecule has 0 amide bonds. The highest BCUT2D eigenvalue weighted by Crippen LogP contribution is 2.17. The zero-order chi connectivity index (χ0) is 9.97. The van der Waals surface area contributed by atoms with E-state index in [1.807, 2.05) is 17.5 Å². The molecule has 0 aromatic carbocycles. The van der Waals surface area contributed by atoms with Crippen molar-refractivity contribution in [1.29, 1.82) is 0 Å². The average Bonchev–Trinajstić information content (AvgIpc) is 2.75. The first-order valence-corrected chi connectivity index (χ1v) is 4.84. The third-order valence-corrected chi connectivity index (χ3v) is 2.67. The van der Waals surface area contributed by atoms with E-state index in [0.717, 1.165) is 4.88 Å². The lowest BCUT2D eigenvalue weighted by atomic mass is 10.2. The van der Waals surface area contributed by atoms with Gasteiger partial charge in [-0.3, -0.25) is 0 Å². The molecule has 0 saturated heterocycles. The van der Waals surface area contributed by atoms with Crippen LogP contribution in [0.15, 0.2) is 28.2 Å². The smallest absolute Gasteiger partial charge is 0.340 e. The third-order valence-electron chi connectivity index (χ3n) is 1.79. The Kier molecular flexibility index (Phi) is 2.32. The number of aromatic nitrogens is 1. The number of carbonyl (C=O) groups is 1. The van der Waals surface area contributed by atoms with E-state index in [-0.39, 0.29) is 5.56 Å². The summed E-state index contributed by atoms with van der Waals surface area (Å²) in [5.74, 6) is -0.599. The number of hydrogen-bond donors (Lipinski definition) is 1. The monoisotopic (exact) mass is 209 g/mol. The van der Waals surface area contributed by atoms with Crippen molar-refractivity contribution in [3.8, 4) is 0 Å². The van der Waals surface area contributed by atoms with Gasteiger partial charge in [-0.25, -0.2) is 4.79 Å². The minimum Gasteiger partial charge on any atom is -0.478 e. The summed E-state index contributed by atoms with van der Waals surface area (Å²) in [5.41, 5.74) is 0.137. The highest BCUT2D eigenvalue weighted by molar-refractivity contribution is 7.09. The van der Waals surface area contributed by atoms with Gasteiger partial charge in [0.25, 0.3) is 0 Å². The van der Waals surface area contributed by atoms with Gasteiger partial charge in [-0.15, -0.1) is 11.3 Å². The van der Waals surface area contributed by atoms with Crippen LogP contribution in [-0.2, 0) is 6.42 Å². The largest absolute Gasteiger partial charge is 0.478 e. The van der Waals surface area contributed by atoms with Crippen LogP contribution in [-0.4, -0.2) is 16.2 Å². The first-order chi connectivity index (χ1) is 6.77. The SMILES string of the molecule is O=C(O)c1cnoc1Cc1cccs1. The highest BCUT2D eigenvalue weighted by Gasteiger charge is 2.15. The Morgan fingerprint density at radius 3 is 3.14 bits per heavy atom. The quantitative estimate of drug-likeness (QED) is 0.840. The average molecular weight is 209 g/mol. The van der Waals surface area contributed by atoms with Crippen LogP contribution < -0.4 is 0 Å². The summed E-state index contributed by atoms with van der Waals surface area (Å²) in [6.45, 7) is 0. The number of carboxylic acid groups (broad SMARTS) is 1. The zero-order valence-electron chi connectivity index (χ0n) is 7.14. The van der Waals surface area contributed by atoms with E-state index in [1.165, 1.54) is 6.20 Å². The second kappa shape index (κ2) is 3.63. The molecule has 72 valence electrons. The number of hydrogen-bond acceptors (Lipinski definition) is 4. The van der Waals surface area contributed by atoms with Crippen molar-refractivity contribution in [2.24, 2.45) is 0 Å². The lowest BCUT2D eigenvalue weighted by Crippen LogP contribution is -1.98. The van der Waals surface area contributed by atoms with Crippen molar-refractivity contribution < 1.29 is 14.4 Å². The molecule has 0 atom stereocenters. The van der Waals surface area contributed by atoms with Crippen molar-refractivity contribution in [2.45, 2.75) is 6.42 Å². The van der Waals surface area contributed by atoms with E-state index >= 15 is 0 Å². The van der Waals surface area contributed by atoms with Crippen LogP contribution in [0.5, 0.6) is 0 Å². The third kappa shape index (κ3) is 1.67. The molecular weight excluding hydrogens is 202 g/mol. The van der Waals surface area contributed by atoms with Gasteiger partial charge in [0.2, 0.25) is 0 Å². The van der Waals surface area contributed by atoms with Gasteiger partial charge in [-0.05, 0) is 11.4 Å². The molecule has 1 N–H and O–H groups in total. The van der Waals surface area contributed by atoms with Crippen LogP contribution >= 0.6 is 11.3 Å². The molecular formula is C9H7NO3S. The summed E-state index contributed by atoms with van der Waals surface area (Å²) in [6, 6.07) is 3.84. The molecule has 5 heteroatoms. The maximum atomic E-state index is 10.7. The molecule has 0 bridgehead atoms. The van der Waals surface area contributed by atoms with Crippen LogP contribution in [0.1, 0.15) is 21.0 Å². The lowest BCUT2D eigenvalue weighted by Gasteiger charge is -1.93. The van der Waals surface area contributed by atoms with Crippen LogP contribution in [0.3, 0.4) is 0 Å². The number of rotatable bonds is 3. The van der Waals surface area contributed by atoms with Gasteiger partial charge in [0.1, 0.15) is 5.56 Å². The Hall–Kier alpha value is -1.62. The Balaban J connectivity index is 2.25. The number of carboxylic acids is 1. The maximum Gasteiger partial charge on any atom is 0.340 e. The molecule has 0 spiro atoms. The molecule has 0 aliphatic heterocycles. The molecule has 0 radical (unpaired) electrons. The molecule has 0 unspecified atom stereocenters. The zero-order valence-corrected chi connectivity index (χ0v) is 7.95. The summed E-state index contributed by atoms with van der Waals surface area (Å²) >= 11 is 1.56. The molecule has 2 aromatic heterocycles. The number of aromatic carboxylic acids is 1. The Morgan fingerprint density at radius 2 is 2.50 bits per heavy atom.